The van der Waals surface area contributed by atoms with Crippen molar-refractivity contribution in [3.8, 4) is 0 Å². The summed E-state index contributed by atoms with van der Waals surface area (Å²) in [5.41, 5.74) is 0. The Kier molecular flexibility index (Phi) is 4.15. The van der Waals surface area contributed by atoms with E-state index in [2.05, 4.69) is 11.8 Å². The van der Waals surface area contributed by atoms with Crippen molar-refractivity contribution in [3.05, 3.63) is 10.1 Å². The van der Waals surface area contributed by atoms with Crippen LogP contribution in [0.5, 0.6) is 0 Å². The molecule has 0 aromatic rings. The molecule has 0 aromatic heterocycles. The van der Waals surface area contributed by atoms with Crippen LogP contribution in [0.4, 0.5) is 0 Å². The van der Waals surface area contributed by atoms with Gasteiger partial charge in [-0.15, -0.1) is 0 Å². The lowest BCUT2D eigenvalue weighted by Crippen LogP contribution is -2.39. The number of likely N-dealkylation sites (N-methyl/N-ethyl adjacent to an activating group) is 1. The molecule has 4 nitrogen and oxygen atoms in total. The fourth-order valence-corrected chi connectivity index (χ4v) is 2.03. The number of likely N-dealkylation sites (tertiary alicyclic amines) is 1. The molecule has 76 valence electrons. The zero-order valence-corrected chi connectivity index (χ0v) is 8.24. The number of rotatable bonds is 3. The first kappa shape index (κ1) is 10.4. The van der Waals surface area contributed by atoms with Gasteiger partial charge in [-0.3, -0.25) is 15.0 Å². The Morgan fingerprint density at radius 2 is 2.23 bits per heavy atom. The number of hydrogen-bond donors (Lipinski definition) is 0. The first-order valence-electron chi connectivity index (χ1n) is 5.10. The van der Waals surface area contributed by atoms with E-state index < -0.39 is 0 Å². The quantitative estimate of drug-likeness (QED) is 0.496. The Hall–Kier alpha value is -0.640. The van der Waals surface area contributed by atoms with Crippen molar-refractivity contribution in [1.82, 2.24) is 4.90 Å². The van der Waals surface area contributed by atoms with E-state index in [-0.39, 0.29) is 17.5 Å². The van der Waals surface area contributed by atoms with Gasteiger partial charge in [-0.05, 0) is 25.9 Å². The second-order valence-electron chi connectivity index (χ2n) is 3.65. The molecular formula is C9H18N2O2. The molecule has 1 atom stereocenters. The van der Waals surface area contributed by atoms with Crippen molar-refractivity contribution in [2.75, 3.05) is 19.6 Å². The predicted molar refractivity (Wildman–Crippen MR) is 51.4 cm³/mol. The molecule has 1 aliphatic heterocycles. The Bertz CT molecular complexity index is 173. The van der Waals surface area contributed by atoms with E-state index >= 15 is 0 Å². The van der Waals surface area contributed by atoms with Crippen molar-refractivity contribution in [1.29, 1.82) is 0 Å². The van der Waals surface area contributed by atoms with Gasteiger partial charge in [0.2, 0.25) is 6.54 Å². The molecule has 0 aromatic carbocycles. The maximum absolute atomic E-state index is 10.4. The summed E-state index contributed by atoms with van der Waals surface area (Å²) in [4.78, 5) is 12.5. The lowest BCUT2D eigenvalue weighted by molar-refractivity contribution is -0.487. The third-order valence-corrected chi connectivity index (χ3v) is 2.77. The number of nitro groups is 1. The summed E-state index contributed by atoms with van der Waals surface area (Å²) in [7, 11) is 0. The highest BCUT2D eigenvalue weighted by atomic mass is 16.6. The standard InChI is InChI=1S/C9H18N2O2/c1-2-10-7-5-3-4-6-9(10)8-11(12)13/h9H,2-8H2,1H3. The minimum absolute atomic E-state index is 0.119. The van der Waals surface area contributed by atoms with Gasteiger partial charge in [0.05, 0.1) is 6.04 Å². The van der Waals surface area contributed by atoms with Crippen molar-refractivity contribution in [2.45, 2.75) is 38.6 Å². The summed E-state index contributed by atoms with van der Waals surface area (Å²) in [6.45, 7) is 4.18. The number of nitrogens with zero attached hydrogens (tertiary/aromatic N) is 2. The van der Waals surface area contributed by atoms with Gasteiger partial charge in [0.1, 0.15) is 0 Å². The molecule has 0 N–H and O–H groups in total. The molecule has 1 aliphatic rings. The first-order valence-corrected chi connectivity index (χ1v) is 5.10. The highest BCUT2D eigenvalue weighted by molar-refractivity contribution is 4.73. The minimum Gasteiger partial charge on any atom is -0.295 e. The van der Waals surface area contributed by atoms with Gasteiger partial charge in [-0.2, -0.15) is 0 Å². The molecule has 0 spiro atoms. The van der Waals surface area contributed by atoms with Crippen molar-refractivity contribution >= 4 is 0 Å². The van der Waals surface area contributed by atoms with E-state index in [1.807, 2.05) is 0 Å². The number of hydrogen-bond acceptors (Lipinski definition) is 3. The molecule has 13 heavy (non-hydrogen) atoms. The van der Waals surface area contributed by atoms with Gasteiger partial charge < -0.3 is 0 Å². The summed E-state index contributed by atoms with van der Waals surface area (Å²) in [5.74, 6) is 0. The fraction of sp³-hybridized carbons (Fsp3) is 1.00. The van der Waals surface area contributed by atoms with E-state index in [0.717, 1.165) is 25.9 Å². The molecule has 1 saturated heterocycles. The lowest BCUT2D eigenvalue weighted by Gasteiger charge is -2.25. The molecular weight excluding hydrogens is 168 g/mol. The van der Waals surface area contributed by atoms with Gasteiger partial charge >= 0.3 is 0 Å². The summed E-state index contributed by atoms with van der Waals surface area (Å²) in [6, 6.07) is 0.183. The molecule has 1 heterocycles. The normalized spacial score (nSPS) is 25.5. The average molecular weight is 186 g/mol. The predicted octanol–water partition coefficient (Wildman–Crippen LogP) is 1.53. The highest BCUT2D eigenvalue weighted by Crippen LogP contribution is 2.16. The second-order valence-corrected chi connectivity index (χ2v) is 3.65. The van der Waals surface area contributed by atoms with Crippen LogP contribution < -0.4 is 0 Å². The van der Waals surface area contributed by atoms with Crippen LogP contribution >= 0.6 is 0 Å². The van der Waals surface area contributed by atoms with Crippen LogP contribution in [0.25, 0.3) is 0 Å². The van der Waals surface area contributed by atoms with Gasteiger partial charge in [-0.1, -0.05) is 19.8 Å². The summed E-state index contributed by atoms with van der Waals surface area (Å²) in [6.07, 6.45) is 4.57. The Morgan fingerprint density at radius 3 is 2.85 bits per heavy atom. The molecule has 0 bridgehead atoms. The van der Waals surface area contributed by atoms with Crippen LogP contribution in [0.2, 0.25) is 0 Å². The average Bonchev–Trinajstić information content (AvgIpc) is 2.28. The molecule has 1 rings (SSSR count). The summed E-state index contributed by atoms with van der Waals surface area (Å²) in [5, 5.41) is 10.4. The van der Waals surface area contributed by atoms with E-state index in [4.69, 9.17) is 0 Å². The van der Waals surface area contributed by atoms with E-state index in [1.165, 1.54) is 12.8 Å². The van der Waals surface area contributed by atoms with Crippen molar-refractivity contribution < 1.29 is 4.92 Å². The van der Waals surface area contributed by atoms with Gasteiger partial charge in [-0.25, -0.2) is 0 Å². The van der Waals surface area contributed by atoms with E-state index in [0.29, 0.717) is 0 Å². The van der Waals surface area contributed by atoms with Gasteiger partial charge in [0.25, 0.3) is 0 Å². The fourth-order valence-electron chi connectivity index (χ4n) is 2.03. The second kappa shape index (κ2) is 5.17. The van der Waals surface area contributed by atoms with Gasteiger partial charge in [0.15, 0.2) is 0 Å². The van der Waals surface area contributed by atoms with Gasteiger partial charge in [0, 0.05) is 4.92 Å². The summed E-state index contributed by atoms with van der Waals surface area (Å²) >= 11 is 0. The van der Waals surface area contributed by atoms with Crippen LogP contribution in [0.3, 0.4) is 0 Å². The highest BCUT2D eigenvalue weighted by Gasteiger charge is 2.23. The molecule has 0 aliphatic carbocycles. The minimum atomic E-state index is -0.182. The van der Waals surface area contributed by atoms with E-state index in [9.17, 15) is 10.1 Å². The third kappa shape index (κ3) is 3.30. The topological polar surface area (TPSA) is 46.4 Å². The zero-order valence-electron chi connectivity index (χ0n) is 8.24. The lowest BCUT2D eigenvalue weighted by atomic mass is 10.1. The maximum atomic E-state index is 10.4. The molecule has 1 fully saturated rings. The van der Waals surface area contributed by atoms with Crippen molar-refractivity contribution in [2.24, 2.45) is 0 Å². The van der Waals surface area contributed by atoms with E-state index in [1.54, 1.807) is 0 Å². The Balaban J connectivity index is 2.48. The molecule has 4 heteroatoms. The van der Waals surface area contributed by atoms with Crippen LogP contribution in [0.15, 0.2) is 0 Å². The monoisotopic (exact) mass is 186 g/mol. The van der Waals surface area contributed by atoms with Crippen LogP contribution in [0, 0.1) is 10.1 Å². The Labute approximate surface area is 79.1 Å². The molecule has 1 unspecified atom stereocenters. The largest absolute Gasteiger partial charge is 0.295 e. The third-order valence-electron chi connectivity index (χ3n) is 2.77. The first-order chi connectivity index (χ1) is 6.24. The molecule has 0 radical (unpaired) electrons. The SMILES string of the molecule is CCN1CCCCCC1C[N+](=O)[O-]. The Morgan fingerprint density at radius 1 is 1.46 bits per heavy atom. The zero-order chi connectivity index (χ0) is 9.68. The van der Waals surface area contributed by atoms with Crippen LogP contribution in [-0.2, 0) is 0 Å². The van der Waals surface area contributed by atoms with Crippen LogP contribution in [0.1, 0.15) is 32.6 Å². The molecule has 0 saturated carbocycles. The molecule has 0 amide bonds. The van der Waals surface area contributed by atoms with Crippen LogP contribution in [-0.4, -0.2) is 35.5 Å². The maximum Gasteiger partial charge on any atom is 0.219 e. The summed E-state index contributed by atoms with van der Waals surface area (Å²) < 4.78 is 0. The van der Waals surface area contributed by atoms with Crippen molar-refractivity contribution in [3.63, 3.8) is 0 Å². The smallest absolute Gasteiger partial charge is 0.219 e.